The van der Waals surface area contributed by atoms with Gasteiger partial charge in [0.25, 0.3) is 0 Å². The van der Waals surface area contributed by atoms with Crippen LogP contribution in [0.3, 0.4) is 0 Å². The fourth-order valence-corrected chi connectivity index (χ4v) is 2.97. The number of furan rings is 1. The van der Waals surface area contributed by atoms with Gasteiger partial charge in [0.1, 0.15) is 17.3 Å². The summed E-state index contributed by atoms with van der Waals surface area (Å²) in [6.45, 7) is 9.53. The third kappa shape index (κ3) is 2.86. The van der Waals surface area contributed by atoms with Crippen molar-refractivity contribution in [2.75, 3.05) is 12.0 Å². The van der Waals surface area contributed by atoms with Crippen LogP contribution < -0.4 is 9.64 Å². The molecule has 0 saturated heterocycles. The molecule has 1 aromatic heterocycles. The molecule has 118 valence electrons. The third-order valence-corrected chi connectivity index (χ3v) is 4.11. The van der Waals surface area contributed by atoms with E-state index in [0.717, 1.165) is 34.1 Å². The predicted molar refractivity (Wildman–Crippen MR) is 87.5 cm³/mol. The standard InChI is InChI=1S/C18H23NO3/c1-11-13(3)22-14(4)18(11)12(2)19(15(5)20)16-7-9-17(21-6)10-8-16/h7-10,12H,1-6H3. The van der Waals surface area contributed by atoms with Gasteiger partial charge in [-0.3, -0.25) is 4.79 Å². The first kappa shape index (κ1) is 16.1. The van der Waals surface area contributed by atoms with Gasteiger partial charge in [0, 0.05) is 18.2 Å². The Kier molecular flexibility index (Phi) is 4.59. The van der Waals surface area contributed by atoms with Crippen molar-refractivity contribution in [1.29, 1.82) is 0 Å². The van der Waals surface area contributed by atoms with Crippen LogP contribution in [-0.4, -0.2) is 13.0 Å². The van der Waals surface area contributed by atoms with Gasteiger partial charge in [-0.05, 0) is 57.5 Å². The summed E-state index contributed by atoms with van der Waals surface area (Å²) < 4.78 is 10.9. The number of hydrogen-bond acceptors (Lipinski definition) is 3. The minimum absolute atomic E-state index is 0.00433. The Labute approximate surface area is 131 Å². The van der Waals surface area contributed by atoms with Crippen molar-refractivity contribution in [2.24, 2.45) is 0 Å². The second kappa shape index (κ2) is 6.26. The van der Waals surface area contributed by atoms with E-state index in [1.54, 1.807) is 18.9 Å². The number of benzene rings is 1. The number of amides is 1. The van der Waals surface area contributed by atoms with Crippen LogP contribution >= 0.6 is 0 Å². The maximum Gasteiger partial charge on any atom is 0.224 e. The minimum atomic E-state index is -0.0941. The number of carbonyl (C=O) groups excluding carboxylic acids is 1. The Bertz CT molecular complexity index is 670. The van der Waals surface area contributed by atoms with Crippen molar-refractivity contribution in [2.45, 2.75) is 40.7 Å². The summed E-state index contributed by atoms with van der Waals surface area (Å²) in [5.41, 5.74) is 3.02. The van der Waals surface area contributed by atoms with E-state index in [4.69, 9.17) is 9.15 Å². The summed E-state index contributed by atoms with van der Waals surface area (Å²) in [5, 5.41) is 0. The first-order chi connectivity index (χ1) is 10.4. The van der Waals surface area contributed by atoms with Crippen LogP contribution in [0.5, 0.6) is 5.75 Å². The van der Waals surface area contributed by atoms with Crippen molar-refractivity contribution in [1.82, 2.24) is 0 Å². The second-order valence-electron chi connectivity index (χ2n) is 5.52. The molecule has 4 heteroatoms. The molecular formula is C18H23NO3. The van der Waals surface area contributed by atoms with E-state index in [0.29, 0.717) is 0 Å². The molecule has 1 amide bonds. The lowest BCUT2D eigenvalue weighted by molar-refractivity contribution is -0.117. The van der Waals surface area contributed by atoms with Crippen LogP contribution in [0.4, 0.5) is 5.69 Å². The molecule has 1 unspecified atom stereocenters. The van der Waals surface area contributed by atoms with Gasteiger partial charge in [-0.15, -0.1) is 0 Å². The maximum absolute atomic E-state index is 12.2. The van der Waals surface area contributed by atoms with Crippen molar-refractivity contribution in [3.63, 3.8) is 0 Å². The minimum Gasteiger partial charge on any atom is -0.497 e. The van der Waals surface area contributed by atoms with E-state index in [1.807, 2.05) is 52.0 Å². The average Bonchev–Trinajstić information content (AvgIpc) is 2.72. The van der Waals surface area contributed by atoms with Crippen molar-refractivity contribution in [3.8, 4) is 5.75 Å². The van der Waals surface area contributed by atoms with E-state index in [9.17, 15) is 4.79 Å². The molecule has 0 bridgehead atoms. The number of carbonyl (C=O) groups is 1. The Balaban J connectivity index is 2.44. The van der Waals surface area contributed by atoms with Crippen LogP contribution in [0.1, 0.15) is 42.5 Å². The highest BCUT2D eigenvalue weighted by molar-refractivity contribution is 5.92. The molecule has 0 aliphatic rings. The molecule has 0 spiro atoms. The highest BCUT2D eigenvalue weighted by Crippen LogP contribution is 2.34. The molecule has 0 N–H and O–H groups in total. The number of methoxy groups -OCH3 is 1. The quantitative estimate of drug-likeness (QED) is 0.844. The lowest BCUT2D eigenvalue weighted by Gasteiger charge is -2.29. The summed E-state index contributed by atoms with van der Waals surface area (Å²) >= 11 is 0. The first-order valence-electron chi connectivity index (χ1n) is 7.37. The number of ether oxygens (including phenoxy) is 1. The molecule has 4 nitrogen and oxygen atoms in total. The second-order valence-corrected chi connectivity index (χ2v) is 5.52. The van der Waals surface area contributed by atoms with Crippen LogP contribution in [-0.2, 0) is 4.79 Å². The lowest BCUT2D eigenvalue weighted by Crippen LogP contribution is -2.32. The Morgan fingerprint density at radius 1 is 1.14 bits per heavy atom. The van der Waals surface area contributed by atoms with Crippen LogP contribution in [0.2, 0.25) is 0 Å². The molecule has 1 heterocycles. The largest absolute Gasteiger partial charge is 0.497 e. The SMILES string of the molecule is COc1ccc(N(C(C)=O)C(C)c2c(C)oc(C)c2C)cc1. The summed E-state index contributed by atoms with van der Waals surface area (Å²) in [7, 11) is 1.63. The molecule has 0 saturated carbocycles. The van der Waals surface area contributed by atoms with Crippen LogP contribution in [0, 0.1) is 20.8 Å². The van der Waals surface area contributed by atoms with E-state index in [1.165, 1.54) is 0 Å². The summed E-state index contributed by atoms with van der Waals surface area (Å²) in [4.78, 5) is 14.0. The number of anilines is 1. The molecule has 0 fully saturated rings. The fraction of sp³-hybridized carbons (Fsp3) is 0.389. The molecule has 2 rings (SSSR count). The molecular weight excluding hydrogens is 278 g/mol. The molecule has 1 atom stereocenters. The Morgan fingerprint density at radius 3 is 2.14 bits per heavy atom. The molecule has 2 aromatic rings. The van der Waals surface area contributed by atoms with Crippen molar-refractivity contribution < 1.29 is 13.9 Å². The molecule has 1 aromatic carbocycles. The highest BCUT2D eigenvalue weighted by atomic mass is 16.5. The number of hydrogen-bond donors (Lipinski definition) is 0. The zero-order chi connectivity index (χ0) is 16.4. The third-order valence-electron chi connectivity index (χ3n) is 4.11. The van der Waals surface area contributed by atoms with Gasteiger partial charge in [0.15, 0.2) is 0 Å². The van der Waals surface area contributed by atoms with Gasteiger partial charge in [-0.1, -0.05) is 0 Å². The summed E-state index contributed by atoms with van der Waals surface area (Å²) in [6, 6.07) is 7.42. The summed E-state index contributed by atoms with van der Waals surface area (Å²) in [5.74, 6) is 2.53. The summed E-state index contributed by atoms with van der Waals surface area (Å²) in [6.07, 6.45) is 0. The van der Waals surface area contributed by atoms with Crippen LogP contribution in [0.25, 0.3) is 0 Å². The smallest absolute Gasteiger partial charge is 0.224 e. The predicted octanol–water partition coefficient (Wildman–Crippen LogP) is 4.33. The lowest BCUT2D eigenvalue weighted by atomic mass is 10.0. The van der Waals surface area contributed by atoms with Gasteiger partial charge in [0.2, 0.25) is 5.91 Å². The van der Waals surface area contributed by atoms with Gasteiger partial charge in [-0.2, -0.15) is 0 Å². The van der Waals surface area contributed by atoms with Gasteiger partial charge in [-0.25, -0.2) is 0 Å². The molecule has 0 radical (unpaired) electrons. The Morgan fingerprint density at radius 2 is 1.73 bits per heavy atom. The zero-order valence-corrected chi connectivity index (χ0v) is 14.1. The zero-order valence-electron chi connectivity index (χ0n) is 14.1. The average molecular weight is 301 g/mol. The number of aryl methyl sites for hydroxylation is 2. The number of rotatable bonds is 4. The van der Waals surface area contributed by atoms with Crippen molar-refractivity contribution >= 4 is 11.6 Å². The van der Waals surface area contributed by atoms with E-state index in [2.05, 4.69) is 0 Å². The van der Waals surface area contributed by atoms with E-state index in [-0.39, 0.29) is 11.9 Å². The van der Waals surface area contributed by atoms with Gasteiger partial charge in [0.05, 0.1) is 13.2 Å². The topological polar surface area (TPSA) is 42.7 Å². The molecule has 0 aliphatic carbocycles. The molecule has 0 aliphatic heterocycles. The van der Waals surface area contributed by atoms with Crippen LogP contribution in [0.15, 0.2) is 28.7 Å². The van der Waals surface area contributed by atoms with Gasteiger partial charge < -0.3 is 14.1 Å². The highest BCUT2D eigenvalue weighted by Gasteiger charge is 2.26. The first-order valence-corrected chi connectivity index (χ1v) is 7.37. The fourth-order valence-electron chi connectivity index (χ4n) is 2.97. The van der Waals surface area contributed by atoms with E-state index < -0.39 is 0 Å². The Hall–Kier alpha value is -2.23. The van der Waals surface area contributed by atoms with Gasteiger partial charge >= 0.3 is 0 Å². The molecule has 22 heavy (non-hydrogen) atoms. The monoisotopic (exact) mass is 301 g/mol. The normalized spacial score (nSPS) is 12.1. The number of nitrogens with zero attached hydrogens (tertiary/aromatic N) is 1. The maximum atomic E-state index is 12.2. The van der Waals surface area contributed by atoms with E-state index >= 15 is 0 Å². The van der Waals surface area contributed by atoms with Crippen molar-refractivity contribution in [3.05, 3.63) is 46.9 Å².